The van der Waals surface area contributed by atoms with Crippen molar-refractivity contribution >= 4 is 29.2 Å². The first-order valence-corrected chi connectivity index (χ1v) is 9.46. The summed E-state index contributed by atoms with van der Waals surface area (Å²) in [5, 5.41) is 14.3. The molecule has 0 unspecified atom stereocenters. The second-order valence-corrected chi connectivity index (χ2v) is 7.07. The molecule has 1 heterocycles. The fraction of sp³-hybridized carbons (Fsp3) is 0.350. The third-order valence-electron chi connectivity index (χ3n) is 5.10. The smallest absolute Gasteiger partial charge is 0.216 e. The van der Waals surface area contributed by atoms with Gasteiger partial charge in [-0.2, -0.15) is 14.9 Å². The lowest BCUT2D eigenvalue weighted by Crippen LogP contribution is -2.10. The number of fused-ring (bicyclic) bond motifs is 1. The summed E-state index contributed by atoms with van der Waals surface area (Å²) in [4.78, 5) is 0. The number of methoxy groups -OCH3 is 1. The molecule has 1 aliphatic rings. The van der Waals surface area contributed by atoms with Crippen LogP contribution in [0, 0.1) is 4.77 Å². The first-order chi connectivity index (χ1) is 12.8. The number of aromatic amines is 1. The minimum Gasteiger partial charge on any atom is -0.496 e. The molecule has 1 saturated carbocycles. The Morgan fingerprint density at radius 1 is 1.19 bits per heavy atom. The van der Waals surface area contributed by atoms with Gasteiger partial charge in [-0.05, 0) is 41.9 Å². The largest absolute Gasteiger partial charge is 0.496 e. The van der Waals surface area contributed by atoms with Gasteiger partial charge in [-0.25, -0.2) is 0 Å². The van der Waals surface area contributed by atoms with Crippen molar-refractivity contribution in [1.82, 2.24) is 14.9 Å². The molecule has 1 aromatic heterocycles. The molecule has 0 saturated heterocycles. The summed E-state index contributed by atoms with van der Waals surface area (Å²) < 4.78 is 7.85. The Kier molecular flexibility index (Phi) is 4.84. The van der Waals surface area contributed by atoms with Crippen LogP contribution in [0.4, 0.5) is 0 Å². The van der Waals surface area contributed by atoms with Gasteiger partial charge in [0.05, 0.1) is 13.3 Å². The van der Waals surface area contributed by atoms with E-state index in [9.17, 15) is 0 Å². The molecule has 2 aromatic carbocycles. The summed E-state index contributed by atoms with van der Waals surface area (Å²) in [6.07, 6.45) is 7.91. The highest BCUT2D eigenvalue weighted by molar-refractivity contribution is 7.71. The molecule has 134 valence electrons. The first kappa shape index (κ1) is 17.0. The number of H-pyrrole nitrogens is 1. The van der Waals surface area contributed by atoms with E-state index in [-0.39, 0.29) is 0 Å². The molecule has 1 aliphatic carbocycles. The van der Waals surface area contributed by atoms with Gasteiger partial charge >= 0.3 is 0 Å². The predicted molar refractivity (Wildman–Crippen MR) is 107 cm³/mol. The lowest BCUT2D eigenvalue weighted by molar-refractivity contribution is 0.414. The molecule has 0 spiro atoms. The van der Waals surface area contributed by atoms with Crippen LogP contribution in [-0.2, 0) is 0 Å². The van der Waals surface area contributed by atoms with E-state index in [0.29, 0.717) is 10.7 Å². The van der Waals surface area contributed by atoms with Gasteiger partial charge in [0, 0.05) is 11.5 Å². The van der Waals surface area contributed by atoms with Gasteiger partial charge in [0.25, 0.3) is 0 Å². The molecule has 26 heavy (non-hydrogen) atoms. The number of hydrogen-bond donors (Lipinski definition) is 1. The normalized spacial score (nSPS) is 15.7. The van der Waals surface area contributed by atoms with Crippen LogP contribution in [-0.4, -0.2) is 28.2 Å². The molecular weight excluding hydrogens is 344 g/mol. The molecular formula is C20H22N4OS. The van der Waals surface area contributed by atoms with Crippen molar-refractivity contribution in [3.8, 4) is 5.75 Å². The summed E-state index contributed by atoms with van der Waals surface area (Å²) >= 11 is 5.41. The van der Waals surface area contributed by atoms with E-state index in [0.717, 1.165) is 40.8 Å². The predicted octanol–water partition coefficient (Wildman–Crippen LogP) is 5.03. The van der Waals surface area contributed by atoms with Crippen LogP contribution in [0.3, 0.4) is 0 Å². The van der Waals surface area contributed by atoms with Crippen molar-refractivity contribution in [3.05, 3.63) is 52.6 Å². The van der Waals surface area contributed by atoms with Crippen LogP contribution < -0.4 is 4.74 Å². The Morgan fingerprint density at radius 3 is 2.81 bits per heavy atom. The zero-order valence-corrected chi connectivity index (χ0v) is 15.6. The molecule has 0 atom stereocenters. The summed E-state index contributed by atoms with van der Waals surface area (Å²) in [5.41, 5.74) is 0.947. The molecule has 0 amide bonds. The number of nitrogens with zero attached hydrogens (tertiary/aromatic N) is 3. The fourth-order valence-corrected chi connectivity index (χ4v) is 3.93. The van der Waals surface area contributed by atoms with Crippen LogP contribution in [0.1, 0.15) is 49.4 Å². The molecule has 1 fully saturated rings. The van der Waals surface area contributed by atoms with E-state index >= 15 is 0 Å². The summed E-state index contributed by atoms with van der Waals surface area (Å²) in [6, 6.07) is 12.3. The van der Waals surface area contributed by atoms with E-state index in [4.69, 9.17) is 17.0 Å². The van der Waals surface area contributed by atoms with Crippen LogP contribution in [0.2, 0.25) is 0 Å². The Balaban J connectivity index is 1.77. The van der Waals surface area contributed by atoms with Crippen molar-refractivity contribution in [2.24, 2.45) is 5.10 Å². The fourth-order valence-electron chi connectivity index (χ4n) is 3.74. The van der Waals surface area contributed by atoms with E-state index in [1.807, 2.05) is 24.4 Å². The molecule has 0 aliphatic heterocycles. The average molecular weight is 366 g/mol. The van der Waals surface area contributed by atoms with Crippen LogP contribution >= 0.6 is 12.2 Å². The van der Waals surface area contributed by atoms with E-state index in [1.54, 1.807) is 11.8 Å². The van der Waals surface area contributed by atoms with Crippen molar-refractivity contribution in [1.29, 1.82) is 0 Å². The minimum absolute atomic E-state index is 0.420. The highest BCUT2D eigenvalue weighted by atomic mass is 32.1. The highest BCUT2D eigenvalue weighted by Crippen LogP contribution is 2.32. The van der Waals surface area contributed by atoms with Crippen LogP contribution in [0.5, 0.6) is 5.75 Å². The van der Waals surface area contributed by atoms with Gasteiger partial charge in [-0.15, -0.1) is 0 Å². The number of hydrogen-bond acceptors (Lipinski definition) is 4. The standard InChI is InChI=1S/C20H22N4OS/c1-25-18-12-11-14-7-5-6-10-16(14)17(18)13-21-24-19(22-23-20(24)26)15-8-3-2-4-9-15/h5-7,10-13,15H,2-4,8-9H2,1H3,(H,23,26)/b21-13-. The van der Waals surface area contributed by atoms with E-state index < -0.39 is 0 Å². The van der Waals surface area contributed by atoms with Crippen molar-refractivity contribution < 1.29 is 4.74 Å². The summed E-state index contributed by atoms with van der Waals surface area (Å²) in [7, 11) is 1.68. The Hall–Kier alpha value is -2.47. The van der Waals surface area contributed by atoms with Gasteiger partial charge in [-0.3, -0.25) is 5.10 Å². The third kappa shape index (κ3) is 3.17. The molecule has 3 aromatic rings. The molecule has 4 rings (SSSR count). The SMILES string of the molecule is COc1ccc2ccccc2c1/C=N\n1c(C2CCCCC2)n[nH]c1=S. The lowest BCUT2D eigenvalue weighted by atomic mass is 9.89. The zero-order valence-electron chi connectivity index (χ0n) is 14.8. The maximum Gasteiger partial charge on any atom is 0.216 e. The Morgan fingerprint density at radius 2 is 2.00 bits per heavy atom. The van der Waals surface area contributed by atoms with Gasteiger partial charge in [0.1, 0.15) is 5.75 Å². The minimum atomic E-state index is 0.420. The van der Waals surface area contributed by atoms with E-state index in [1.165, 1.54) is 19.3 Å². The quantitative estimate of drug-likeness (QED) is 0.520. The lowest BCUT2D eigenvalue weighted by Gasteiger charge is -2.20. The third-order valence-corrected chi connectivity index (χ3v) is 5.36. The maximum atomic E-state index is 5.55. The molecule has 6 heteroatoms. The van der Waals surface area contributed by atoms with Crippen molar-refractivity contribution in [3.63, 3.8) is 0 Å². The zero-order chi connectivity index (χ0) is 17.9. The van der Waals surface area contributed by atoms with Gasteiger partial charge in [0.2, 0.25) is 4.77 Å². The Bertz CT molecular complexity index is 998. The van der Waals surface area contributed by atoms with Crippen molar-refractivity contribution in [2.45, 2.75) is 38.0 Å². The van der Waals surface area contributed by atoms with Gasteiger partial charge in [0.15, 0.2) is 5.82 Å². The summed E-state index contributed by atoms with van der Waals surface area (Å²) in [6.45, 7) is 0. The van der Waals surface area contributed by atoms with Gasteiger partial charge < -0.3 is 4.74 Å². The van der Waals surface area contributed by atoms with E-state index in [2.05, 4.69) is 33.5 Å². The second kappa shape index (κ2) is 7.41. The maximum absolute atomic E-state index is 5.55. The number of nitrogens with one attached hydrogen (secondary N) is 1. The molecule has 0 bridgehead atoms. The number of rotatable bonds is 4. The van der Waals surface area contributed by atoms with Crippen LogP contribution in [0.15, 0.2) is 41.5 Å². The van der Waals surface area contributed by atoms with Crippen LogP contribution in [0.25, 0.3) is 10.8 Å². The number of benzene rings is 2. The number of aromatic nitrogens is 3. The van der Waals surface area contributed by atoms with Gasteiger partial charge in [-0.1, -0.05) is 49.6 Å². The molecule has 5 nitrogen and oxygen atoms in total. The topological polar surface area (TPSA) is 55.2 Å². The second-order valence-electron chi connectivity index (χ2n) is 6.68. The number of ether oxygens (including phenoxy) is 1. The molecule has 1 N–H and O–H groups in total. The highest BCUT2D eigenvalue weighted by Gasteiger charge is 2.21. The molecule has 0 radical (unpaired) electrons. The summed E-state index contributed by atoms with van der Waals surface area (Å²) in [5.74, 6) is 2.15. The van der Waals surface area contributed by atoms with Crippen molar-refractivity contribution in [2.75, 3.05) is 7.11 Å². The average Bonchev–Trinajstić information content (AvgIpc) is 3.07. The Labute approximate surface area is 157 Å². The first-order valence-electron chi connectivity index (χ1n) is 9.05. The monoisotopic (exact) mass is 366 g/mol.